The maximum Gasteiger partial charge on any atom is 0.408 e. The predicted molar refractivity (Wildman–Crippen MR) is 159 cm³/mol. The fraction of sp³-hybridized carbons (Fsp3) is 0.500. The van der Waals surface area contributed by atoms with Crippen LogP contribution >= 0.6 is 0 Å². The summed E-state index contributed by atoms with van der Waals surface area (Å²) in [4.78, 5) is 54.8. The van der Waals surface area contributed by atoms with Crippen molar-refractivity contribution >= 4 is 29.5 Å². The van der Waals surface area contributed by atoms with Gasteiger partial charge in [-0.05, 0) is 96.4 Å². The number of benzene rings is 2. The van der Waals surface area contributed by atoms with Crippen molar-refractivity contribution in [3.8, 4) is 0 Å². The Kier molecular flexibility index (Phi) is 10.2. The molecule has 0 radical (unpaired) electrons. The maximum atomic E-state index is 14.4. The number of primary amides is 1. The molecule has 0 heterocycles. The molecule has 0 spiro atoms. The summed E-state index contributed by atoms with van der Waals surface area (Å²) in [6, 6.07) is 9.32. The number of nitrogens with two attached hydrogens (primary N) is 1. The van der Waals surface area contributed by atoms with Crippen molar-refractivity contribution in [1.29, 1.82) is 0 Å². The van der Waals surface area contributed by atoms with Crippen LogP contribution in [0, 0.1) is 27.7 Å². The molecule has 9 nitrogen and oxygen atoms in total. The summed E-state index contributed by atoms with van der Waals surface area (Å²) in [5.74, 6) is -1.39. The Hall–Kier alpha value is -3.88. The van der Waals surface area contributed by atoms with Crippen LogP contribution in [0.1, 0.15) is 86.7 Å². The molecule has 222 valence electrons. The van der Waals surface area contributed by atoms with Gasteiger partial charge in [0.15, 0.2) is 0 Å². The van der Waals surface area contributed by atoms with E-state index < -0.39 is 35.6 Å². The van der Waals surface area contributed by atoms with E-state index in [0.29, 0.717) is 11.3 Å². The van der Waals surface area contributed by atoms with Gasteiger partial charge in [0.25, 0.3) is 5.91 Å². The third-order valence-corrected chi connectivity index (χ3v) is 7.38. The number of carbonyl (C=O) groups is 4. The van der Waals surface area contributed by atoms with Gasteiger partial charge in [-0.2, -0.15) is 0 Å². The number of nitrogens with one attached hydrogen (secondary N) is 2. The normalized spacial score (nSPS) is 14.8. The maximum absolute atomic E-state index is 14.4. The minimum Gasteiger partial charge on any atom is -0.444 e. The van der Waals surface area contributed by atoms with E-state index in [2.05, 4.69) is 10.6 Å². The Labute approximate surface area is 243 Å². The molecule has 1 aliphatic carbocycles. The molecule has 0 bridgehead atoms. The minimum atomic E-state index is -1.11. The van der Waals surface area contributed by atoms with Gasteiger partial charge < -0.3 is 26.0 Å². The van der Waals surface area contributed by atoms with Gasteiger partial charge in [-0.1, -0.05) is 42.0 Å². The summed E-state index contributed by atoms with van der Waals surface area (Å²) < 4.78 is 5.42. The average molecular weight is 565 g/mol. The number of carbonyl (C=O) groups excluding carboxylic acids is 4. The lowest BCUT2D eigenvalue weighted by atomic mass is 9.86. The van der Waals surface area contributed by atoms with E-state index in [4.69, 9.17) is 10.5 Å². The minimum absolute atomic E-state index is 0.0192. The molecule has 2 aromatic carbocycles. The van der Waals surface area contributed by atoms with Gasteiger partial charge in [-0.15, -0.1) is 0 Å². The van der Waals surface area contributed by atoms with Crippen LogP contribution in [0.3, 0.4) is 0 Å². The van der Waals surface area contributed by atoms with E-state index in [1.165, 1.54) is 0 Å². The first-order valence-corrected chi connectivity index (χ1v) is 14.2. The summed E-state index contributed by atoms with van der Waals surface area (Å²) in [5.41, 5.74) is 9.67. The molecule has 1 fully saturated rings. The summed E-state index contributed by atoms with van der Waals surface area (Å²) in [5, 5.41) is 5.76. The fourth-order valence-corrected chi connectivity index (χ4v) is 5.03. The number of nitrogens with zero attached hydrogens (tertiary/aromatic N) is 1. The number of amides is 4. The molecular weight excluding hydrogens is 520 g/mol. The number of rotatable bonds is 10. The van der Waals surface area contributed by atoms with Crippen molar-refractivity contribution < 1.29 is 23.9 Å². The topological polar surface area (TPSA) is 131 Å². The molecule has 0 aromatic heterocycles. The molecule has 2 unspecified atom stereocenters. The van der Waals surface area contributed by atoms with Crippen molar-refractivity contribution in [2.45, 2.75) is 104 Å². The molecule has 2 aromatic rings. The van der Waals surface area contributed by atoms with Crippen LogP contribution in [0.4, 0.5) is 10.5 Å². The summed E-state index contributed by atoms with van der Waals surface area (Å²) in [6.45, 7) is 12.9. The lowest BCUT2D eigenvalue weighted by Crippen LogP contribution is -2.57. The standard InChI is InChI=1S/C32H44N4O5/c1-19-14-15-20(2)24(18-19)28(29(38)35-27-21(3)10-8-11-22(27)4)36(23-12-9-13-23)30(39)25(16-17-26(33)37)34-31(40)41-32(5,6)7/h8,10-11,14-15,18,23,25,28H,9,12-13,16-17H2,1-7H3,(H2,33,37)(H,34,40)(H,35,38). The second kappa shape index (κ2) is 13.2. The van der Waals surface area contributed by atoms with Crippen LogP contribution in [0.2, 0.25) is 0 Å². The smallest absolute Gasteiger partial charge is 0.408 e. The fourth-order valence-electron chi connectivity index (χ4n) is 5.03. The third-order valence-electron chi connectivity index (χ3n) is 7.38. The lowest BCUT2D eigenvalue weighted by molar-refractivity contribution is -0.146. The van der Waals surface area contributed by atoms with Gasteiger partial charge in [0.05, 0.1) is 0 Å². The Morgan fingerprint density at radius 1 is 1.00 bits per heavy atom. The highest BCUT2D eigenvalue weighted by Gasteiger charge is 2.42. The van der Waals surface area contributed by atoms with E-state index in [0.717, 1.165) is 41.5 Å². The van der Waals surface area contributed by atoms with Crippen molar-refractivity contribution in [2.75, 3.05) is 5.32 Å². The molecule has 3 rings (SSSR count). The highest BCUT2D eigenvalue weighted by atomic mass is 16.6. The summed E-state index contributed by atoms with van der Waals surface area (Å²) in [7, 11) is 0. The van der Waals surface area contributed by atoms with Crippen molar-refractivity contribution in [3.05, 3.63) is 64.2 Å². The Balaban J connectivity index is 2.10. The van der Waals surface area contributed by atoms with Gasteiger partial charge >= 0.3 is 6.09 Å². The van der Waals surface area contributed by atoms with E-state index in [-0.39, 0.29) is 24.8 Å². The van der Waals surface area contributed by atoms with E-state index in [9.17, 15) is 19.2 Å². The first-order chi connectivity index (χ1) is 19.2. The van der Waals surface area contributed by atoms with Crippen LogP contribution < -0.4 is 16.4 Å². The van der Waals surface area contributed by atoms with Crippen LogP contribution in [0.15, 0.2) is 36.4 Å². The average Bonchev–Trinajstić information content (AvgIpc) is 2.83. The largest absolute Gasteiger partial charge is 0.444 e. The SMILES string of the molecule is Cc1ccc(C)c(C(C(=O)Nc2c(C)cccc2C)N(C(=O)C(CCC(N)=O)NC(=O)OC(C)(C)C)C2CCC2)c1. The quantitative estimate of drug-likeness (QED) is 0.368. The lowest BCUT2D eigenvalue weighted by Gasteiger charge is -2.44. The third kappa shape index (κ3) is 8.31. The first kappa shape index (κ1) is 31.6. The van der Waals surface area contributed by atoms with E-state index in [1.54, 1.807) is 25.7 Å². The van der Waals surface area contributed by atoms with Crippen LogP contribution in [-0.2, 0) is 19.1 Å². The van der Waals surface area contributed by atoms with Crippen LogP contribution in [0.5, 0.6) is 0 Å². The molecular formula is C32H44N4O5. The molecule has 1 aliphatic rings. The predicted octanol–water partition coefficient (Wildman–Crippen LogP) is 5.14. The van der Waals surface area contributed by atoms with Gasteiger partial charge in [-0.25, -0.2) is 4.79 Å². The van der Waals surface area contributed by atoms with E-state index in [1.807, 2.05) is 64.1 Å². The molecule has 4 N–H and O–H groups in total. The number of para-hydroxylation sites is 1. The summed E-state index contributed by atoms with van der Waals surface area (Å²) >= 11 is 0. The zero-order chi connectivity index (χ0) is 30.5. The molecule has 2 atom stereocenters. The van der Waals surface area contributed by atoms with Gasteiger partial charge in [-0.3, -0.25) is 14.4 Å². The number of hydrogen-bond acceptors (Lipinski definition) is 5. The van der Waals surface area contributed by atoms with Crippen molar-refractivity contribution in [3.63, 3.8) is 0 Å². The first-order valence-electron chi connectivity index (χ1n) is 14.2. The number of aryl methyl sites for hydroxylation is 4. The Morgan fingerprint density at radius 3 is 2.17 bits per heavy atom. The number of alkyl carbamates (subject to hydrolysis) is 1. The second-order valence-electron chi connectivity index (χ2n) is 12.1. The van der Waals surface area contributed by atoms with Crippen molar-refractivity contribution in [1.82, 2.24) is 10.2 Å². The van der Waals surface area contributed by atoms with Gasteiger partial charge in [0.2, 0.25) is 11.8 Å². The highest BCUT2D eigenvalue weighted by Crippen LogP contribution is 2.36. The van der Waals surface area contributed by atoms with Crippen LogP contribution in [-0.4, -0.2) is 46.4 Å². The van der Waals surface area contributed by atoms with Crippen LogP contribution in [0.25, 0.3) is 0 Å². The van der Waals surface area contributed by atoms with Gasteiger partial charge in [0.1, 0.15) is 17.7 Å². The molecule has 0 saturated heterocycles. The van der Waals surface area contributed by atoms with E-state index >= 15 is 0 Å². The summed E-state index contributed by atoms with van der Waals surface area (Å²) in [6.07, 6.45) is 1.44. The number of anilines is 1. The number of ether oxygens (including phenoxy) is 1. The number of hydrogen-bond donors (Lipinski definition) is 3. The molecule has 41 heavy (non-hydrogen) atoms. The zero-order valence-corrected chi connectivity index (χ0v) is 25.3. The Bertz CT molecular complexity index is 1280. The second-order valence-corrected chi connectivity index (χ2v) is 12.1. The van der Waals surface area contributed by atoms with Gasteiger partial charge in [0, 0.05) is 18.2 Å². The van der Waals surface area contributed by atoms with Crippen molar-refractivity contribution in [2.24, 2.45) is 5.73 Å². The molecule has 0 aliphatic heterocycles. The molecule has 4 amide bonds. The molecule has 9 heteroatoms. The zero-order valence-electron chi connectivity index (χ0n) is 25.3. The highest BCUT2D eigenvalue weighted by molar-refractivity contribution is 6.00. The molecule has 1 saturated carbocycles. The monoisotopic (exact) mass is 564 g/mol. The Morgan fingerprint density at radius 2 is 1.63 bits per heavy atom.